The van der Waals surface area contributed by atoms with Crippen LogP contribution in [-0.4, -0.2) is 48.3 Å². The minimum absolute atomic E-state index is 0.0335. The number of aliphatic hydroxyl groups excluding tert-OH is 1. The van der Waals surface area contributed by atoms with Gasteiger partial charge in [-0.05, 0) is 66.4 Å². The number of ether oxygens (including phenoxy) is 2. The van der Waals surface area contributed by atoms with Gasteiger partial charge in [0.15, 0.2) is 5.54 Å². The van der Waals surface area contributed by atoms with Crippen molar-refractivity contribution < 1.29 is 28.2 Å². The normalized spacial score (nSPS) is 17.8. The molecule has 2 atom stereocenters. The van der Waals surface area contributed by atoms with Gasteiger partial charge in [0.25, 0.3) is 5.91 Å². The highest BCUT2D eigenvalue weighted by atomic mass is 19.1. The molecule has 1 aliphatic heterocycles. The second-order valence-corrected chi connectivity index (χ2v) is 9.45. The molecule has 0 saturated carbocycles. The van der Waals surface area contributed by atoms with Crippen molar-refractivity contribution in [2.24, 2.45) is 10.1 Å². The molecule has 1 aliphatic rings. The number of aliphatic imine (C=N–C) groups is 1. The Balaban J connectivity index is 1.56. The summed E-state index contributed by atoms with van der Waals surface area (Å²) in [6, 6.07) is 17.2. The van der Waals surface area contributed by atoms with Gasteiger partial charge in [-0.1, -0.05) is 29.4 Å². The molecule has 10 nitrogen and oxygen atoms in total. The third-order valence-electron chi connectivity index (χ3n) is 6.59. The summed E-state index contributed by atoms with van der Waals surface area (Å²) >= 11 is 0. The van der Waals surface area contributed by atoms with Crippen LogP contribution in [0.5, 0.6) is 5.75 Å². The molecule has 0 bridgehead atoms. The van der Waals surface area contributed by atoms with Crippen molar-refractivity contribution >= 4 is 17.5 Å². The summed E-state index contributed by atoms with van der Waals surface area (Å²) < 4.78 is 38.7. The van der Waals surface area contributed by atoms with Crippen molar-refractivity contribution in [3.05, 3.63) is 105 Å². The lowest BCUT2D eigenvalue weighted by molar-refractivity contribution is -0.129. The smallest absolute Gasteiger partial charge is 0.266 e. The minimum Gasteiger partial charge on any atom is -0.494 e. The molecule has 1 heterocycles. The number of hydrogen-bond donors (Lipinski definition) is 3. The van der Waals surface area contributed by atoms with Crippen LogP contribution >= 0.6 is 0 Å². The van der Waals surface area contributed by atoms with E-state index in [1.54, 1.807) is 55.5 Å². The van der Waals surface area contributed by atoms with Crippen molar-refractivity contribution in [3.8, 4) is 5.75 Å². The zero-order chi connectivity index (χ0) is 29.2. The quantitative estimate of drug-likeness (QED) is 0.0909. The van der Waals surface area contributed by atoms with Crippen LogP contribution in [0.15, 0.2) is 76.8 Å². The van der Waals surface area contributed by atoms with E-state index in [1.807, 2.05) is 0 Å². The first-order valence-corrected chi connectivity index (χ1v) is 13.1. The zero-order valence-electron chi connectivity index (χ0n) is 22.4. The van der Waals surface area contributed by atoms with E-state index in [0.717, 1.165) is 6.07 Å². The van der Waals surface area contributed by atoms with Crippen molar-refractivity contribution in [1.29, 1.82) is 0 Å². The van der Waals surface area contributed by atoms with Crippen molar-refractivity contribution in [3.63, 3.8) is 0 Å². The predicted molar refractivity (Wildman–Crippen MR) is 149 cm³/mol. The van der Waals surface area contributed by atoms with Gasteiger partial charge in [-0.15, -0.1) is 0 Å². The highest BCUT2D eigenvalue weighted by molar-refractivity contribution is 6.00. The SMILES string of the molecule is C[C@@H]1OC(c2ccc(OCCCO)cc2)=N[C@]1(Cc1ccccc1N=[N+]=[N-])C(=O)NNCCc1cc(F)cc(F)c1. The summed E-state index contributed by atoms with van der Waals surface area (Å²) in [6.07, 6.45) is 0.125. The second kappa shape index (κ2) is 13.7. The van der Waals surface area contributed by atoms with Crippen LogP contribution in [-0.2, 0) is 22.4 Å². The Morgan fingerprint density at radius 2 is 1.90 bits per heavy atom. The number of aliphatic hydroxyl groups is 1. The van der Waals surface area contributed by atoms with Gasteiger partial charge in [0.1, 0.15) is 23.5 Å². The minimum atomic E-state index is -1.44. The number of azide groups is 1. The molecule has 0 radical (unpaired) electrons. The van der Waals surface area contributed by atoms with Crippen molar-refractivity contribution in [2.45, 2.75) is 37.8 Å². The van der Waals surface area contributed by atoms with Crippen LogP contribution in [0.4, 0.5) is 14.5 Å². The van der Waals surface area contributed by atoms with E-state index in [1.165, 1.54) is 12.1 Å². The fraction of sp³-hybridized carbons (Fsp3) is 0.310. The summed E-state index contributed by atoms with van der Waals surface area (Å²) in [5.74, 6) is -0.977. The molecule has 0 saturated heterocycles. The van der Waals surface area contributed by atoms with Crippen LogP contribution in [0.25, 0.3) is 10.4 Å². The summed E-state index contributed by atoms with van der Waals surface area (Å²) in [4.78, 5) is 21.4. The summed E-state index contributed by atoms with van der Waals surface area (Å²) in [5, 5.41) is 12.7. The molecular weight excluding hydrogens is 534 g/mol. The number of hydrazine groups is 1. The number of carbonyl (C=O) groups is 1. The van der Waals surface area contributed by atoms with E-state index in [-0.39, 0.29) is 31.9 Å². The number of nitrogens with zero attached hydrogens (tertiary/aromatic N) is 4. The molecule has 0 spiro atoms. The Morgan fingerprint density at radius 3 is 2.61 bits per heavy atom. The molecule has 12 heteroatoms. The molecule has 1 amide bonds. The molecule has 4 rings (SSSR count). The third-order valence-corrected chi connectivity index (χ3v) is 6.59. The molecule has 41 heavy (non-hydrogen) atoms. The first-order chi connectivity index (χ1) is 19.8. The lowest BCUT2D eigenvalue weighted by Crippen LogP contribution is -2.56. The molecule has 3 N–H and O–H groups in total. The second-order valence-electron chi connectivity index (χ2n) is 9.45. The van der Waals surface area contributed by atoms with E-state index in [0.29, 0.717) is 41.2 Å². The monoisotopic (exact) mass is 564 g/mol. The van der Waals surface area contributed by atoms with Gasteiger partial charge >= 0.3 is 0 Å². The van der Waals surface area contributed by atoms with Crippen molar-refractivity contribution in [1.82, 2.24) is 10.9 Å². The summed E-state index contributed by atoms with van der Waals surface area (Å²) in [7, 11) is 0. The maximum Gasteiger partial charge on any atom is 0.266 e. The lowest BCUT2D eigenvalue weighted by Gasteiger charge is -2.28. The van der Waals surface area contributed by atoms with E-state index in [2.05, 4.69) is 20.9 Å². The largest absolute Gasteiger partial charge is 0.494 e. The Bertz CT molecular complexity index is 1430. The molecule has 214 valence electrons. The maximum atomic E-state index is 13.7. The number of amides is 1. The van der Waals surface area contributed by atoms with E-state index < -0.39 is 29.2 Å². The average Bonchev–Trinajstić information content (AvgIpc) is 3.29. The van der Waals surface area contributed by atoms with Crippen LogP contribution in [0.3, 0.4) is 0 Å². The van der Waals surface area contributed by atoms with Gasteiger partial charge in [-0.2, -0.15) is 0 Å². The number of hydrogen-bond acceptors (Lipinski definition) is 7. The number of nitrogens with one attached hydrogen (secondary N) is 2. The first kappa shape index (κ1) is 29.5. The fourth-order valence-electron chi connectivity index (χ4n) is 4.45. The zero-order valence-corrected chi connectivity index (χ0v) is 22.4. The highest BCUT2D eigenvalue weighted by Crippen LogP contribution is 2.35. The summed E-state index contributed by atoms with van der Waals surface area (Å²) in [6.45, 7) is 2.34. The first-order valence-electron chi connectivity index (χ1n) is 13.1. The number of rotatable bonds is 13. The van der Waals surface area contributed by atoms with Gasteiger partial charge in [-0.3, -0.25) is 10.2 Å². The van der Waals surface area contributed by atoms with Gasteiger partial charge in [-0.25, -0.2) is 19.2 Å². The van der Waals surface area contributed by atoms with Crippen LogP contribution in [0, 0.1) is 11.6 Å². The van der Waals surface area contributed by atoms with Gasteiger partial charge in [0.05, 0.1) is 6.61 Å². The standard InChI is InChI=1S/C29H30F2N6O4/c1-19-29(18-22-5-2-3-6-26(22)35-37-32,28(39)36-33-12-11-20-15-23(30)17-24(31)16-20)34-27(41-19)21-7-9-25(10-8-21)40-14-4-13-38/h2-3,5-10,15-17,19,33,38H,4,11-14,18H2,1H3,(H,36,39)/t19-,29-/m0/s1. The molecule has 0 aliphatic carbocycles. The molecule has 0 fully saturated rings. The molecule has 3 aromatic carbocycles. The Kier molecular flexibility index (Phi) is 9.86. The predicted octanol–water partition coefficient (Wildman–Crippen LogP) is 4.68. The number of benzene rings is 3. The van der Waals surface area contributed by atoms with Gasteiger partial charge < -0.3 is 14.6 Å². The number of carbonyl (C=O) groups excluding carboxylic acids is 1. The van der Waals surface area contributed by atoms with Crippen LogP contribution < -0.4 is 15.6 Å². The fourth-order valence-corrected chi connectivity index (χ4v) is 4.45. The van der Waals surface area contributed by atoms with E-state index >= 15 is 0 Å². The molecular formula is C29H30F2N6O4. The van der Waals surface area contributed by atoms with Gasteiger partial charge in [0.2, 0.25) is 5.90 Å². The Morgan fingerprint density at radius 1 is 1.17 bits per heavy atom. The molecule has 0 unspecified atom stereocenters. The van der Waals surface area contributed by atoms with E-state index in [4.69, 9.17) is 25.1 Å². The Labute approximate surface area is 235 Å². The Hall–Kier alpha value is -4.51. The molecule has 0 aromatic heterocycles. The lowest BCUT2D eigenvalue weighted by atomic mass is 9.85. The van der Waals surface area contributed by atoms with E-state index in [9.17, 15) is 13.6 Å². The maximum absolute atomic E-state index is 13.7. The third kappa shape index (κ3) is 7.37. The van der Waals surface area contributed by atoms with Gasteiger partial charge in [0, 0.05) is 48.2 Å². The molecule has 3 aromatic rings. The topological polar surface area (TPSA) is 141 Å². The highest BCUT2D eigenvalue weighted by Gasteiger charge is 2.50. The summed E-state index contributed by atoms with van der Waals surface area (Å²) in [5.41, 5.74) is 15.1. The van der Waals surface area contributed by atoms with Crippen LogP contribution in [0.2, 0.25) is 0 Å². The van der Waals surface area contributed by atoms with Crippen molar-refractivity contribution in [2.75, 3.05) is 19.8 Å². The number of halogens is 2. The average molecular weight is 565 g/mol. The van der Waals surface area contributed by atoms with Crippen LogP contribution in [0.1, 0.15) is 30.0 Å².